The lowest BCUT2D eigenvalue weighted by Crippen LogP contribution is -2.38. The molecule has 1 aliphatic carbocycles. The van der Waals surface area contributed by atoms with Crippen molar-refractivity contribution < 1.29 is 19.5 Å². The van der Waals surface area contributed by atoms with Gasteiger partial charge in [-0.05, 0) is 12.8 Å². The summed E-state index contributed by atoms with van der Waals surface area (Å²) in [4.78, 5) is 32.3. The lowest BCUT2D eigenvalue weighted by Gasteiger charge is -2.09. The highest BCUT2D eigenvalue weighted by atomic mass is 16.4. The summed E-state index contributed by atoms with van der Waals surface area (Å²) in [6.07, 6.45) is 0.761. The van der Waals surface area contributed by atoms with E-state index in [-0.39, 0.29) is 13.0 Å². The molecule has 0 heterocycles. The molecule has 0 radical (unpaired) electrons. The van der Waals surface area contributed by atoms with E-state index in [9.17, 15) is 14.4 Å². The molecule has 14 heavy (non-hydrogen) atoms. The van der Waals surface area contributed by atoms with Crippen LogP contribution in [0.25, 0.3) is 0 Å². The highest BCUT2D eigenvalue weighted by molar-refractivity contribution is 6.04. The van der Waals surface area contributed by atoms with Crippen molar-refractivity contribution in [2.75, 3.05) is 6.54 Å². The number of carboxylic acids is 1. The van der Waals surface area contributed by atoms with Crippen LogP contribution in [0.15, 0.2) is 0 Å². The predicted molar refractivity (Wildman–Crippen MR) is 46.1 cm³/mol. The SMILES string of the molecule is NC(=O)CCNC(=O)C1(C(=O)O)CC1. The fourth-order valence-corrected chi connectivity index (χ4v) is 1.13. The molecule has 0 aromatic carbocycles. The molecule has 2 amide bonds. The van der Waals surface area contributed by atoms with Gasteiger partial charge in [0.2, 0.25) is 11.8 Å². The van der Waals surface area contributed by atoms with Gasteiger partial charge in [0.05, 0.1) is 0 Å². The third kappa shape index (κ3) is 2.01. The molecule has 6 heteroatoms. The summed E-state index contributed by atoms with van der Waals surface area (Å²) in [5, 5.41) is 11.1. The van der Waals surface area contributed by atoms with Gasteiger partial charge in [-0.15, -0.1) is 0 Å². The molecule has 0 aromatic heterocycles. The molecule has 1 fully saturated rings. The molecular weight excluding hydrogens is 188 g/mol. The summed E-state index contributed by atoms with van der Waals surface area (Å²) in [6, 6.07) is 0. The van der Waals surface area contributed by atoms with Crippen LogP contribution in [0.5, 0.6) is 0 Å². The first-order chi connectivity index (χ1) is 6.49. The first-order valence-corrected chi connectivity index (χ1v) is 4.29. The van der Waals surface area contributed by atoms with Gasteiger partial charge in [0.25, 0.3) is 0 Å². The number of nitrogens with one attached hydrogen (secondary N) is 1. The molecule has 1 aliphatic rings. The smallest absolute Gasteiger partial charge is 0.319 e. The van der Waals surface area contributed by atoms with Crippen molar-refractivity contribution >= 4 is 17.8 Å². The van der Waals surface area contributed by atoms with E-state index in [2.05, 4.69) is 5.32 Å². The molecule has 0 bridgehead atoms. The number of hydrogen-bond donors (Lipinski definition) is 3. The number of nitrogens with two attached hydrogens (primary N) is 1. The Balaban J connectivity index is 2.36. The molecule has 0 unspecified atom stereocenters. The van der Waals surface area contributed by atoms with Crippen molar-refractivity contribution in [3.63, 3.8) is 0 Å². The van der Waals surface area contributed by atoms with Crippen LogP contribution in [0.4, 0.5) is 0 Å². The lowest BCUT2D eigenvalue weighted by molar-refractivity contribution is -0.149. The maximum absolute atomic E-state index is 11.3. The Hall–Kier alpha value is -1.59. The second-order valence-electron chi connectivity index (χ2n) is 3.36. The van der Waals surface area contributed by atoms with E-state index >= 15 is 0 Å². The summed E-state index contributed by atoms with van der Waals surface area (Å²) < 4.78 is 0. The van der Waals surface area contributed by atoms with Crippen molar-refractivity contribution in [1.82, 2.24) is 5.32 Å². The number of hydrogen-bond acceptors (Lipinski definition) is 3. The maximum atomic E-state index is 11.3. The minimum atomic E-state index is -1.24. The zero-order valence-corrected chi connectivity index (χ0v) is 7.58. The number of primary amides is 1. The molecule has 4 N–H and O–H groups in total. The summed E-state index contributed by atoms with van der Waals surface area (Å²) in [5.41, 5.74) is 3.62. The molecule has 78 valence electrons. The zero-order chi connectivity index (χ0) is 10.8. The second-order valence-corrected chi connectivity index (χ2v) is 3.36. The third-order valence-corrected chi connectivity index (χ3v) is 2.25. The van der Waals surface area contributed by atoms with Crippen LogP contribution in [0, 0.1) is 5.41 Å². The van der Waals surface area contributed by atoms with Crippen molar-refractivity contribution in [3.8, 4) is 0 Å². The average molecular weight is 200 g/mol. The van der Waals surface area contributed by atoms with Crippen LogP contribution >= 0.6 is 0 Å². The first-order valence-electron chi connectivity index (χ1n) is 4.29. The lowest BCUT2D eigenvalue weighted by atomic mass is 10.1. The minimum absolute atomic E-state index is 0.0292. The van der Waals surface area contributed by atoms with Crippen LogP contribution in [0.2, 0.25) is 0 Å². The van der Waals surface area contributed by atoms with Gasteiger partial charge >= 0.3 is 5.97 Å². The van der Waals surface area contributed by atoms with Crippen molar-refractivity contribution in [2.24, 2.45) is 11.1 Å². The Kier molecular flexibility index (Phi) is 2.73. The van der Waals surface area contributed by atoms with E-state index < -0.39 is 23.2 Å². The van der Waals surface area contributed by atoms with Crippen LogP contribution in [0.1, 0.15) is 19.3 Å². The topological polar surface area (TPSA) is 109 Å². The highest BCUT2D eigenvalue weighted by Gasteiger charge is 2.56. The third-order valence-electron chi connectivity index (χ3n) is 2.25. The van der Waals surface area contributed by atoms with Gasteiger partial charge in [0.1, 0.15) is 5.41 Å². The summed E-state index contributed by atoms with van der Waals surface area (Å²) in [7, 11) is 0. The van der Waals surface area contributed by atoms with Gasteiger partial charge in [-0.25, -0.2) is 0 Å². The van der Waals surface area contributed by atoms with Gasteiger partial charge in [-0.3, -0.25) is 14.4 Å². The number of amides is 2. The highest BCUT2D eigenvalue weighted by Crippen LogP contribution is 2.45. The standard InChI is InChI=1S/C8H12N2O4/c9-5(11)1-4-10-6(12)8(2-3-8)7(13)14/h1-4H2,(H2,9,11)(H,10,12)(H,13,14). The van der Waals surface area contributed by atoms with Crippen molar-refractivity contribution in [2.45, 2.75) is 19.3 Å². The van der Waals surface area contributed by atoms with E-state index in [0.717, 1.165) is 0 Å². The summed E-state index contributed by atoms with van der Waals surface area (Å²) >= 11 is 0. The first kappa shape index (κ1) is 10.5. The second kappa shape index (κ2) is 3.65. The van der Waals surface area contributed by atoms with Crippen LogP contribution in [0.3, 0.4) is 0 Å². The van der Waals surface area contributed by atoms with E-state index in [1.807, 2.05) is 0 Å². The quantitative estimate of drug-likeness (QED) is 0.486. The summed E-state index contributed by atoms with van der Waals surface area (Å²) in [5.74, 6) is -2.15. The Morgan fingerprint density at radius 3 is 2.29 bits per heavy atom. The van der Waals surface area contributed by atoms with Gasteiger partial charge in [0.15, 0.2) is 0 Å². The Morgan fingerprint density at radius 1 is 1.36 bits per heavy atom. The fraction of sp³-hybridized carbons (Fsp3) is 0.625. The molecule has 0 aliphatic heterocycles. The van der Waals surface area contributed by atoms with E-state index in [1.165, 1.54) is 0 Å². The normalized spacial score (nSPS) is 17.1. The average Bonchev–Trinajstić information content (AvgIpc) is 2.82. The molecule has 0 spiro atoms. The predicted octanol–water partition coefficient (Wildman–Crippen LogP) is -1.16. The van der Waals surface area contributed by atoms with Gasteiger partial charge < -0.3 is 16.2 Å². The molecule has 1 saturated carbocycles. The molecule has 0 aromatic rings. The van der Waals surface area contributed by atoms with Gasteiger partial charge in [-0.1, -0.05) is 0 Å². The van der Waals surface area contributed by atoms with Crippen LogP contribution in [-0.2, 0) is 14.4 Å². The van der Waals surface area contributed by atoms with Crippen molar-refractivity contribution in [1.29, 1.82) is 0 Å². The molecular formula is C8H12N2O4. The summed E-state index contributed by atoms with van der Waals surface area (Å²) in [6.45, 7) is 0.100. The largest absolute Gasteiger partial charge is 0.480 e. The van der Waals surface area contributed by atoms with Crippen molar-refractivity contribution in [3.05, 3.63) is 0 Å². The minimum Gasteiger partial charge on any atom is -0.480 e. The van der Waals surface area contributed by atoms with Crippen LogP contribution in [-0.4, -0.2) is 29.4 Å². The van der Waals surface area contributed by atoms with E-state index in [4.69, 9.17) is 10.8 Å². The number of aliphatic carboxylic acids is 1. The fourth-order valence-electron chi connectivity index (χ4n) is 1.13. The number of carbonyl (C=O) groups is 3. The Morgan fingerprint density at radius 2 is 1.93 bits per heavy atom. The zero-order valence-electron chi connectivity index (χ0n) is 7.58. The van der Waals surface area contributed by atoms with Gasteiger partial charge in [0, 0.05) is 13.0 Å². The molecule has 0 saturated heterocycles. The molecule has 0 atom stereocenters. The molecule has 6 nitrogen and oxygen atoms in total. The number of rotatable bonds is 5. The number of carbonyl (C=O) groups excluding carboxylic acids is 2. The van der Waals surface area contributed by atoms with Crippen LogP contribution < -0.4 is 11.1 Å². The van der Waals surface area contributed by atoms with E-state index in [0.29, 0.717) is 12.8 Å². The van der Waals surface area contributed by atoms with Gasteiger partial charge in [-0.2, -0.15) is 0 Å². The molecule has 1 rings (SSSR count). The maximum Gasteiger partial charge on any atom is 0.319 e. The van der Waals surface area contributed by atoms with E-state index in [1.54, 1.807) is 0 Å². The number of carboxylic acid groups (broad SMARTS) is 1. The Bertz CT molecular complexity index is 283. The monoisotopic (exact) mass is 200 g/mol. The Labute approximate surface area is 80.5 Å².